The Hall–Kier alpha value is -2.85. The van der Waals surface area contributed by atoms with Crippen molar-refractivity contribution in [3.05, 3.63) is 64.7 Å². The van der Waals surface area contributed by atoms with Gasteiger partial charge in [0.15, 0.2) is 6.61 Å². The molecule has 7 heteroatoms. The number of rotatable bonds is 6. The van der Waals surface area contributed by atoms with Crippen LogP contribution < -0.4 is 9.46 Å². The summed E-state index contributed by atoms with van der Waals surface area (Å²) in [6.07, 6.45) is 0. The predicted molar refractivity (Wildman–Crippen MR) is 93.3 cm³/mol. The molecule has 0 radical (unpaired) electrons. The van der Waals surface area contributed by atoms with Gasteiger partial charge in [-0.1, -0.05) is 36.4 Å². The van der Waals surface area contributed by atoms with E-state index in [0.29, 0.717) is 11.3 Å². The van der Waals surface area contributed by atoms with Crippen LogP contribution >= 0.6 is 0 Å². The molecule has 130 valence electrons. The Balaban J connectivity index is 2.01. The van der Waals surface area contributed by atoms with Crippen LogP contribution in [0.5, 0.6) is 5.75 Å². The van der Waals surface area contributed by atoms with Crippen molar-refractivity contribution in [3.8, 4) is 11.8 Å². The van der Waals surface area contributed by atoms with E-state index in [1.807, 2.05) is 42.8 Å². The van der Waals surface area contributed by atoms with E-state index in [-0.39, 0.29) is 5.56 Å². The van der Waals surface area contributed by atoms with Crippen LogP contribution in [0, 0.1) is 25.2 Å². The van der Waals surface area contributed by atoms with E-state index < -0.39 is 28.3 Å². The summed E-state index contributed by atoms with van der Waals surface area (Å²) in [6.45, 7) is 3.27. The average Bonchev–Trinajstić information content (AvgIpc) is 2.54. The van der Waals surface area contributed by atoms with Gasteiger partial charge in [-0.25, -0.2) is 13.1 Å². The molecular weight excluding hydrogens is 340 g/mol. The van der Waals surface area contributed by atoms with E-state index in [4.69, 9.17) is 10.00 Å². The Kier molecular flexibility index (Phi) is 5.78. The van der Waals surface area contributed by atoms with Gasteiger partial charge in [0, 0.05) is 0 Å². The highest BCUT2D eigenvalue weighted by Crippen LogP contribution is 2.22. The molecule has 2 rings (SSSR count). The maximum Gasteiger partial charge on any atom is 0.271 e. The zero-order valence-electron chi connectivity index (χ0n) is 13.9. The number of nitriles is 1. The lowest BCUT2D eigenvalue weighted by Crippen LogP contribution is -2.35. The van der Waals surface area contributed by atoms with Crippen molar-refractivity contribution in [2.45, 2.75) is 19.6 Å². The van der Waals surface area contributed by atoms with E-state index in [1.165, 1.54) is 12.1 Å². The lowest BCUT2D eigenvalue weighted by Gasteiger charge is -2.12. The molecule has 2 aromatic carbocycles. The summed E-state index contributed by atoms with van der Waals surface area (Å²) >= 11 is 0. The molecule has 0 aliphatic heterocycles. The molecule has 0 spiro atoms. The minimum absolute atomic E-state index is 0.257. The summed E-state index contributed by atoms with van der Waals surface area (Å²) in [6, 6.07) is 13.8. The van der Waals surface area contributed by atoms with Gasteiger partial charge in [-0.05, 0) is 36.6 Å². The Bertz CT molecular complexity index is 910. The first-order chi connectivity index (χ1) is 11.8. The molecule has 0 heterocycles. The van der Waals surface area contributed by atoms with Crippen molar-refractivity contribution in [3.63, 3.8) is 0 Å². The first-order valence-corrected chi connectivity index (χ1v) is 9.18. The van der Waals surface area contributed by atoms with Crippen LogP contribution in [-0.2, 0) is 20.6 Å². The third kappa shape index (κ3) is 5.06. The zero-order valence-corrected chi connectivity index (χ0v) is 14.8. The molecular formula is C18H18N2O4S. The third-order valence-corrected chi connectivity index (χ3v) is 4.74. The summed E-state index contributed by atoms with van der Waals surface area (Å²) in [4.78, 5) is 11.9. The number of ether oxygens (including phenoxy) is 1. The fourth-order valence-corrected chi connectivity index (χ4v) is 3.50. The summed E-state index contributed by atoms with van der Waals surface area (Å²) in [5.74, 6) is -0.659. The summed E-state index contributed by atoms with van der Waals surface area (Å²) < 4.78 is 31.7. The van der Waals surface area contributed by atoms with E-state index >= 15 is 0 Å². The molecule has 1 N–H and O–H groups in total. The van der Waals surface area contributed by atoms with Crippen molar-refractivity contribution in [1.29, 1.82) is 5.26 Å². The number of hydrogen-bond acceptors (Lipinski definition) is 5. The fourth-order valence-electron chi connectivity index (χ4n) is 2.36. The van der Waals surface area contributed by atoms with Crippen molar-refractivity contribution in [2.24, 2.45) is 0 Å². The Morgan fingerprint density at radius 2 is 1.76 bits per heavy atom. The Labute approximate surface area is 147 Å². The monoisotopic (exact) mass is 358 g/mol. The lowest BCUT2D eigenvalue weighted by molar-refractivity contribution is -0.121. The van der Waals surface area contributed by atoms with Crippen LogP contribution in [0.2, 0.25) is 0 Å². The van der Waals surface area contributed by atoms with Crippen molar-refractivity contribution < 1.29 is 17.9 Å². The van der Waals surface area contributed by atoms with Gasteiger partial charge in [0.2, 0.25) is 10.0 Å². The first kappa shape index (κ1) is 18.5. The Morgan fingerprint density at radius 1 is 1.12 bits per heavy atom. The number of nitrogens with zero attached hydrogens (tertiary/aromatic N) is 1. The van der Waals surface area contributed by atoms with Gasteiger partial charge in [-0.3, -0.25) is 4.79 Å². The van der Waals surface area contributed by atoms with Gasteiger partial charge < -0.3 is 4.74 Å². The third-order valence-electron chi connectivity index (χ3n) is 3.51. The van der Waals surface area contributed by atoms with Gasteiger partial charge in [0.1, 0.15) is 5.75 Å². The molecule has 6 nitrogen and oxygen atoms in total. The number of amides is 1. The quantitative estimate of drug-likeness (QED) is 0.854. The number of carbonyl (C=O) groups excluding carboxylic acids is 1. The molecule has 0 saturated heterocycles. The number of aryl methyl sites for hydroxylation is 2. The van der Waals surface area contributed by atoms with E-state index in [1.54, 1.807) is 12.1 Å². The SMILES string of the molecule is Cc1cccc(C)c1OCC(=O)NS(=O)(=O)Cc1ccccc1C#N. The molecule has 25 heavy (non-hydrogen) atoms. The Morgan fingerprint density at radius 3 is 2.40 bits per heavy atom. The molecule has 2 aromatic rings. The van der Waals surface area contributed by atoms with Crippen LogP contribution in [0.1, 0.15) is 22.3 Å². The summed E-state index contributed by atoms with van der Waals surface area (Å²) in [5.41, 5.74) is 2.31. The van der Waals surface area contributed by atoms with Gasteiger partial charge >= 0.3 is 0 Å². The highest BCUT2D eigenvalue weighted by molar-refractivity contribution is 7.89. The minimum Gasteiger partial charge on any atom is -0.483 e. The van der Waals surface area contributed by atoms with Crippen LogP contribution in [0.4, 0.5) is 0 Å². The number of benzene rings is 2. The van der Waals surface area contributed by atoms with Crippen molar-refractivity contribution >= 4 is 15.9 Å². The molecule has 0 bridgehead atoms. The maximum absolute atomic E-state index is 12.1. The maximum atomic E-state index is 12.1. The van der Waals surface area contributed by atoms with E-state index in [0.717, 1.165) is 11.1 Å². The largest absolute Gasteiger partial charge is 0.483 e. The first-order valence-electron chi connectivity index (χ1n) is 7.53. The van der Waals surface area contributed by atoms with Gasteiger partial charge in [0.05, 0.1) is 17.4 Å². The molecule has 0 saturated carbocycles. The highest BCUT2D eigenvalue weighted by Gasteiger charge is 2.18. The molecule has 1 amide bonds. The summed E-state index contributed by atoms with van der Waals surface area (Å²) in [5, 5.41) is 9.01. The molecule has 0 aromatic heterocycles. The molecule has 0 fully saturated rings. The van der Waals surface area contributed by atoms with Crippen LogP contribution in [-0.4, -0.2) is 20.9 Å². The second kappa shape index (κ2) is 7.81. The predicted octanol–water partition coefficient (Wildman–Crippen LogP) is 2.20. The summed E-state index contributed by atoms with van der Waals surface area (Å²) in [7, 11) is -3.92. The second-order valence-electron chi connectivity index (χ2n) is 5.56. The van der Waals surface area contributed by atoms with Crippen molar-refractivity contribution in [2.75, 3.05) is 6.61 Å². The second-order valence-corrected chi connectivity index (χ2v) is 7.29. The zero-order chi connectivity index (χ0) is 18.4. The number of para-hydroxylation sites is 1. The van der Waals surface area contributed by atoms with E-state index in [9.17, 15) is 13.2 Å². The molecule has 0 unspecified atom stereocenters. The van der Waals surface area contributed by atoms with Gasteiger partial charge in [-0.2, -0.15) is 5.26 Å². The normalized spacial score (nSPS) is 10.8. The van der Waals surface area contributed by atoms with E-state index in [2.05, 4.69) is 0 Å². The lowest BCUT2D eigenvalue weighted by atomic mass is 10.1. The number of sulfonamides is 1. The minimum atomic E-state index is -3.92. The number of nitrogens with one attached hydrogen (secondary N) is 1. The van der Waals surface area contributed by atoms with Crippen LogP contribution in [0.25, 0.3) is 0 Å². The standard InChI is InChI=1S/C18H18N2O4S/c1-13-6-5-7-14(2)18(13)24-11-17(21)20-25(22,23)12-16-9-4-3-8-15(16)10-19/h3-9H,11-12H2,1-2H3,(H,20,21). The highest BCUT2D eigenvalue weighted by atomic mass is 32.2. The van der Waals surface area contributed by atoms with Crippen LogP contribution in [0.15, 0.2) is 42.5 Å². The topological polar surface area (TPSA) is 96.3 Å². The molecule has 0 aliphatic carbocycles. The molecule has 0 aliphatic rings. The van der Waals surface area contributed by atoms with Gasteiger partial charge in [-0.15, -0.1) is 0 Å². The smallest absolute Gasteiger partial charge is 0.271 e. The molecule has 0 atom stereocenters. The van der Waals surface area contributed by atoms with Crippen molar-refractivity contribution in [1.82, 2.24) is 4.72 Å². The van der Waals surface area contributed by atoms with Crippen LogP contribution in [0.3, 0.4) is 0 Å². The van der Waals surface area contributed by atoms with Gasteiger partial charge in [0.25, 0.3) is 5.91 Å². The number of hydrogen-bond donors (Lipinski definition) is 1. The fraction of sp³-hybridized carbons (Fsp3) is 0.222. The number of carbonyl (C=O) groups is 1. The average molecular weight is 358 g/mol.